The summed E-state index contributed by atoms with van der Waals surface area (Å²) in [6, 6.07) is 0. The normalized spacial score (nSPS) is 3.79. The summed E-state index contributed by atoms with van der Waals surface area (Å²) < 4.78 is 51.4. The molecule has 0 atom stereocenters. The second-order valence-corrected chi connectivity index (χ2v) is 2.54. The molecule has 0 amide bonds. The Morgan fingerprint density at radius 1 is 0.421 bits per heavy atom. The van der Waals surface area contributed by atoms with Crippen molar-refractivity contribution in [2.75, 3.05) is 0 Å². The molecule has 0 unspecified atom stereocenters. The third kappa shape index (κ3) is 307. The van der Waals surface area contributed by atoms with Gasteiger partial charge in [-0.05, 0) is 0 Å². The van der Waals surface area contributed by atoms with Crippen molar-refractivity contribution >= 4 is 136 Å². The van der Waals surface area contributed by atoms with Gasteiger partial charge in [-0.15, -0.1) is 0 Å². The van der Waals surface area contributed by atoms with Crippen LogP contribution in [0, 0.1) is 0 Å². The zero-order chi connectivity index (χ0) is 7.15. The molecule has 0 fully saturated rings. The van der Waals surface area contributed by atoms with Crippen LogP contribution in [0.5, 0.6) is 0 Å². The molecular weight excluding hydrogens is 1520 g/mol. The van der Waals surface area contributed by atoms with Gasteiger partial charge in [0.25, 0.3) is 42.1 Å². The number of hydrogen-bond acceptors (Lipinski definition) is 8. The molecule has 0 aliphatic carbocycles. The van der Waals surface area contributed by atoms with Gasteiger partial charge in [-0.25, -0.2) is 0 Å². The van der Waals surface area contributed by atoms with E-state index in [4.69, 9.17) is 20.6 Å². The molecule has 0 aliphatic rings. The molecule has 0 rings (SSSR count). The molecule has 0 aromatic heterocycles. The molecule has 2 N–H and O–H groups in total. The minimum Gasteiger partial charge on any atom is -2.00 e. The van der Waals surface area contributed by atoms with Crippen LogP contribution >= 0.6 is 0 Å². The third-order valence-electron chi connectivity index (χ3n) is 0. The van der Waals surface area contributed by atoms with E-state index in [2.05, 4.69) is 0 Å². The Kier molecular flexibility index (Phi) is 455. The van der Waals surface area contributed by atoms with E-state index in [1.54, 1.807) is 0 Å². The van der Waals surface area contributed by atoms with E-state index in [0.29, 0.717) is 0 Å². The SMILES string of the molecule is [Cl-].[Cl-].[O-2].[O-2].[O-][I+2]([O-])[O-].[O-][I+2]([O-])[O-].[OH-].[OH-].[Pb+2].[Pb+2].[Pb+2].[Pb+2].[Pb+2]. The van der Waals surface area contributed by atoms with Crippen molar-refractivity contribution < 1.29 is 109 Å². The van der Waals surface area contributed by atoms with Gasteiger partial charge in [0, 0.05) is 0 Å². The minimum absolute atomic E-state index is 0. The summed E-state index contributed by atoms with van der Waals surface area (Å²) in [5, 5.41) is 0. The molecule has 0 aliphatic heterocycles. The fraction of sp³-hybridized carbons (Fsp3) is 0. The van der Waals surface area contributed by atoms with Crippen molar-refractivity contribution in [1.29, 1.82) is 0 Å². The van der Waals surface area contributed by atoms with Crippen molar-refractivity contribution in [3.63, 3.8) is 0 Å². The average molecular weight is 1520 g/mol. The fourth-order valence-corrected chi connectivity index (χ4v) is 0. The zero-order valence-electron chi connectivity index (χ0n) is 8.17. The molecule has 10 radical (unpaired) electrons. The molecule has 0 saturated heterocycles. The van der Waals surface area contributed by atoms with E-state index in [-0.39, 0.29) is 183 Å². The summed E-state index contributed by atoms with van der Waals surface area (Å²) in [6.07, 6.45) is 0. The van der Waals surface area contributed by atoms with Crippen molar-refractivity contribution in [2.45, 2.75) is 0 Å². The molecule has 19 heteroatoms. The molecule has 110 valence electrons. The molecule has 0 aromatic carbocycles. The Bertz CT molecular complexity index is 47.4. The van der Waals surface area contributed by atoms with Gasteiger partial charge in [0.15, 0.2) is 0 Å². The Hall–Kier alpha value is 6.25. The van der Waals surface area contributed by atoms with Crippen LogP contribution in [0.15, 0.2) is 0 Å². The van der Waals surface area contributed by atoms with Crippen molar-refractivity contribution in [2.24, 2.45) is 0 Å². The molecule has 19 heavy (non-hydrogen) atoms. The van der Waals surface area contributed by atoms with E-state index in [9.17, 15) is 0 Å². The Morgan fingerprint density at radius 2 is 0.421 bits per heavy atom. The van der Waals surface area contributed by atoms with Gasteiger partial charge < -0.3 is 67.3 Å². The van der Waals surface area contributed by atoms with Gasteiger partial charge in [-0.3, -0.25) is 0 Å². The topological polar surface area (TPSA) is 255 Å². The van der Waals surface area contributed by atoms with E-state index >= 15 is 0 Å². The maximum atomic E-state index is 8.57. The first-order chi connectivity index (χ1) is 3.46. The Labute approximate surface area is 240 Å². The van der Waals surface area contributed by atoms with Gasteiger partial charge in [-0.2, -0.15) is 0 Å². The van der Waals surface area contributed by atoms with Crippen LogP contribution in [0.3, 0.4) is 0 Å². The smallest absolute Gasteiger partial charge is 2.00 e. The van der Waals surface area contributed by atoms with Gasteiger partial charge in [0.1, 0.15) is 0 Å². The van der Waals surface area contributed by atoms with Crippen LogP contribution in [0.2, 0.25) is 0 Å². The van der Waals surface area contributed by atoms with Crippen molar-refractivity contribution in [3.8, 4) is 0 Å². The largest absolute Gasteiger partial charge is 2.00 e. The maximum Gasteiger partial charge on any atom is 2.00 e. The molecular formula is H2Cl2I2O10Pb5. The summed E-state index contributed by atoms with van der Waals surface area (Å²) >= 11 is -8.03. The maximum absolute atomic E-state index is 8.57. The summed E-state index contributed by atoms with van der Waals surface area (Å²) in [5.74, 6) is 0. The number of hydrogen-bond donors (Lipinski definition) is 0. The molecule has 0 heterocycles. The van der Waals surface area contributed by atoms with Crippen LogP contribution in [-0.2, 0) is 11.0 Å². The van der Waals surface area contributed by atoms with E-state index < -0.39 is 42.1 Å². The van der Waals surface area contributed by atoms with Gasteiger partial charge in [-0.1, -0.05) is 0 Å². The van der Waals surface area contributed by atoms with Gasteiger partial charge >= 0.3 is 136 Å². The predicted octanol–water partition coefficient (Wildman–Crippen LogP) is -21.6. The van der Waals surface area contributed by atoms with Crippen molar-refractivity contribution in [3.05, 3.63) is 0 Å². The third-order valence-corrected chi connectivity index (χ3v) is 0. The molecule has 0 spiro atoms. The molecule has 10 nitrogen and oxygen atoms in total. The molecule has 0 bridgehead atoms. The fourth-order valence-electron chi connectivity index (χ4n) is 0. The summed E-state index contributed by atoms with van der Waals surface area (Å²) in [5.41, 5.74) is 0. The zero-order valence-corrected chi connectivity index (χ0v) is 33.4. The monoisotopic (exact) mass is 1530 g/mol. The number of halogens is 4. The summed E-state index contributed by atoms with van der Waals surface area (Å²) in [6.45, 7) is 0. The van der Waals surface area contributed by atoms with E-state index in [1.165, 1.54) is 0 Å². The number of rotatable bonds is 0. The van der Waals surface area contributed by atoms with Crippen molar-refractivity contribution in [1.82, 2.24) is 0 Å². The Morgan fingerprint density at radius 3 is 0.421 bits per heavy atom. The summed E-state index contributed by atoms with van der Waals surface area (Å²) in [7, 11) is 0. The van der Waals surface area contributed by atoms with Crippen LogP contribution in [-0.4, -0.2) is 147 Å². The van der Waals surface area contributed by atoms with Crippen LogP contribution < -0.4 is 87.6 Å². The first-order valence-corrected chi connectivity index (χ1v) is 6.21. The Balaban J connectivity index is -0.00000000218. The summed E-state index contributed by atoms with van der Waals surface area (Å²) in [4.78, 5) is 0. The second-order valence-electron chi connectivity index (χ2n) is 0.378. The average Bonchev–Trinajstić information content (AvgIpc) is 1.25. The van der Waals surface area contributed by atoms with E-state index in [1.807, 2.05) is 0 Å². The first-order valence-electron chi connectivity index (χ1n) is 0.926. The van der Waals surface area contributed by atoms with Crippen LogP contribution in [0.4, 0.5) is 0 Å². The standard InChI is InChI=1S/2ClH.2IO3.2H2O.2O.5Pb/c;;2*2-1(3)4;;;;;;;;;/h2*1H;;;2*1H2;;;;;;;/q;;2*-1;;;2*-2;5*+2/p-4. The molecule has 0 aromatic rings. The van der Waals surface area contributed by atoms with Crippen LogP contribution in [0.25, 0.3) is 0 Å². The van der Waals surface area contributed by atoms with Crippen LogP contribution in [0.1, 0.15) is 0 Å². The van der Waals surface area contributed by atoms with Gasteiger partial charge in [0.05, 0.1) is 0 Å². The van der Waals surface area contributed by atoms with E-state index in [0.717, 1.165) is 0 Å². The second kappa shape index (κ2) is 87.4. The molecule has 0 saturated carbocycles. The predicted molar refractivity (Wildman–Crippen MR) is 34.0 cm³/mol. The first kappa shape index (κ1) is 98.9. The minimum atomic E-state index is -4.01. The van der Waals surface area contributed by atoms with Gasteiger partial charge in [0.2, 0.25) is 0 Å². The quantitative estimate of drug-likeness (QED) is 0.166.